The van der Waals surface area contributed by atoms with Crippen molar-refractivity contribution in [3.63, 3.8) is 0 Å². The van der Waals surface area contributed by atoms with Crippen LogP contribution < -0.4 is 9.47 Å². The third kappa shape index (κ3) is 3.03. The van der Waals surface area contributed by atoms with Gasteiger partial charge in [0.15, 0.2) is 11.5 Å². The molecule has 27 heavy (non-hydrogen) atoms. The van der Waals surface area contributed by atoms with E-state index in [2.05, 4.69) is 23.2 Å². The summed E-state index contributed by atoms with van der Waals surface area (Å²) in [5.74, 6) is 1.67. The Hall–Kier alpha value is -2.95. The van der Waals surface area contributed by atoms with E-state index in [1.807, 2.05) is 29.2 Å². The van der Waals surface area contributed by atoms with Gasteiger partial charge in [-0.25, -0.2) is 0 Å². The monoisotopic (exact) mass is 362 g/mol. The maximum Gasteiger partial charge on any atom is 0.227 e. The minimum absolute atomic E-state index is 0.153. The maximum atomic E-state index is 12.9. The molecular weight excluding hydrogens is 340 g/mol. The molecule has 1 N–H and O–H groups in total. The molecule has 1 amide bonds. The Morgan fingerprint density at radius 1 is 1.07 bits per heavy atom. The third-order valence-corrected chi connectivity index (χ3v) is 5.40. The van der Waals surface area contributed by atoms with E-state index in [9.17, 15) is 4.79 Å². The quantitative estimate of drug-likeness (QED) is 0.760. The van der Waals surface area contributed by atoms with Gasteiger partial charge in [0.25, 0.3) is 0 Å². The maximum absolute atomic E-state index is 12.9. The van der Waals surface area contributed by atoms with E-state index in [1.54, 1.807) is 0 Å². The highest BCUT2D eigenvalue weighted by atomic mass is 16.5. The van der Waals surface area contributed by atoms with Gasteiger partial charge < -0.3 is 19.4 Å². The van der Waals surface area contributed by atoms with Crippen LogP contribution in [-0.2, 0) is 24.2 Å². The smallest absolute Gasteiger partial charge is 0.227 e. The molecule has 0 atom stereocenters. The Bertz CT molecular complexity index is 1010. The van der Waals surface area contributed by atoms with E-state index in [-0.39, 0.29) is 5.91 Å². The molecular formula is C22H22N2O3. The highest BCUT2D eigenvalue weighted by Crippen LogP contribution is 2.31. The zero-order valence-electron chi connectivity index (χ0n) is 15.2. The summed E-state index contributed by atoms with van der Waals surface area (Å²) >= 11 is 0. The highest BCUT2D eigenvalue weighted by molar-refractivity contribution is 5.86. The molecule has 0 aliphatic carbocycles. The molecule has 2 aromatic carbocycles. The number of hydrogen-bond acceptors (Lipinski definition) is 3. The number of benzene rings is 2. The molecule has 0 saturated carbocycles. The third-order valence-electron chi connectivity index (χ3n) is 5.40. The fraction of sp³-hybridized carbons (Fsp3) is 0.318. The SMILES string of the molecule is O=C(Cc1ccc2c(c1)OCCCO2)N1CCc2[nH]c3ccccc3c2C1. The van der Waals surface area contributed by atoms with Crippen LogP contribution in [0.15, 0.2) is 42.5 Å². The molecule has 2 aliphatic rings. The lowest BCUT2D eigenvalue weighted by Crippen LogP contribution is -2.36. The molecule has 0 unspecified atom stereocenters. The van der Waals surface area contributed by atoms with Crippen LogP contribution in [0.25, 0.3) is 10.9 Å². The van der Waals surface area contributed by atoms with Crippen molar-refractivity contribution in [3.05, 3.63) is 59.3 Å². The predicted molar refractivity (Wildman–Crippen MR) is 103 cm³/mol. The van der Waals surface area contributed by atoms with Crippen molar-refractivity contribution in [2.75, 3.05) is 19.8 Å². The lowest BCUT2D eigenvalue weighted by molar-refractivity contribution is -0.131. The summed E-state index contributed by atoms with van der Waals surface area (Å²) in [6.45, 7) is 2.75. The first kappa shape index (κ1) is 16.2. The van der Waals surface area contributed by atoms with E-state index in [1.165, 1.54) is 16.6 Å². The van der Waals surface area contributed by atoms with Crippen molar-refractivity contribution < 1.29 is 14.3 Å². The van der Waals surface area contributed by atoms with Gasteiger partial charge in [-0.05, 0) is 23.8 Å². The first-order valence-corrected chi connectivity index (χ1v) is 9.53. The van der Waals surface area contributed by atoms with Crippen molar-refractivity contribution in [2.45, 2.75) is 25.8 Å². The summed E-state index contributed by atoms with van der Waals surface area (Å²) in [5.41, 5.74) is 4.63. The second-order valence-corrected chi connectivity index (χ2v) is 7.20. The van der Waals surface area contributed by atoms with Gasteiger partial charge in [-0.2, -0.15) is 0 Å². The van der Waals surface area contributed by atoms with Gasteiger partial charge in [-0.1, -0.05) is 24.3 Å². The molecule has 2 aliphatic heterocycles. The topological polar surface area (TPSA) is 54.6 Å². The minimum Gasteiger partial charge on any atom is -0.490 e. The number of nitrogens with zero attached hydrogens (tertiary/aromatic N) is 1. The van der Waals surface area contributed by atoms with E-state index < -0.39 is 0 Å². The molecule has 0 fully saturated rings. The normalized spacial score (nSPS) is 16.1. The van der Waals surface area contributed by atoms with Gasteiger partial charge in [-0.3, -0.25) is 4.79 Å². The van der Waals surface area contributed by atoms with Crippen LogP contribution in [0.4, 0.5) is 0 Å². The molecule has 138 valence electrons. The summed E-state index contributed by atoms with van der Waals surface area (Å²) in [6, 6.07) is 14.1. The first-order chi connectivity index (χ1) is 13.3. The molecule has 0 saturated heterocycles. The highest BCUT2D eigenvalue weighted by Gasteiger charge is 2.24. The van der Waals surface area contributed by atoms with E-state index in [0.717, 1.165) is 42.0 Å². The molecule has 5 rings (SSSR count). The fourth-order valence-corrected chi connectivity index (χ4v) is 3.98. The van der Waals surface area contributed by atoms with Crippen LogP contribution in [0, 0.1) is 0 Å². The number of aromatic nitrogens is 1. The van der Waals surface area contributed by atoms with Crippen LogP contribution in [0.2, 0.25) is 0 Å². The van der Waals surface area contributed by atoms with Gasteiger partial charge in [0.1, 0.15) is 0 Å². The number of carbonyl (C=O) groups excluding carboxylic acids is 1. The number of H-pyrrole nitrogens is 1. The van der Waals surface area contributed by atoms with Crippen LogP contribution in [0.5, 0.6) is 11.5 Å². The summed E-state index contributed by atoms with van der Waals surface area (Å²) in [6.07, 6.45) is 2.13. The van der Waals surface area contributed by atoms with Crippen LogP contribution in [0.1, 0.15) is 23.2 Å². The van der Waals surface area contributed by atoms with Crippen molar-refractivity contribution >= 4 is 16.8 Å². The van der Waals surface area contributed by atoms with Crippen LogP contribution in [0.3, 0.4) is 0 Å². The Kier molecular flexibility index (Phi) is 4.00. The van der Waals surface area contributed by atoms with Crippen LogP contribution >= 0.6 is 0 Å². The van der Waals surface area contributed by atoms with Gasteiger partial charge in [0.05, 0.1) is 19.6 Å². The molecule has 1 aromatic heterocycles. The number of para-hydroxylation sites is 1. The zero-order chi connectivity index (χ0) is 18.2. The number of ether oxygens (including phenoxy) is 2. The van der Waals surface area contributed by atoms with Gasteiger partial charge >= 0.3 is 0 Å². The van der Waals surface area contributed by atoms with Gasteiger partial charge in [0, 0.05) is 48.1 Å². The number of nitrogens with one attached hydrogen (secondary N) is 1. The average Bonchev–Trinajstić information content (AvgIpc) is 2.90. The summed E-state index contributed by atoms with van der Waals surface area (Å²) in [7, 11) is 0. The number of fused-ring (bicyclic) bond motifs is 4. The Balaban J connectivity index is 1.34. The van der Waals surface area contributed by atoms with Crippen molar-refractivity contribution in [1.29, 1.82) is 0 Å². The van der Waals surface area contributed by atoms with Gasteiger partial charge in [0.2, 0.25) is 5.91 Å². The second-order valence-electron chi connectivity index (χ2n) is 7.20. The van der Waals surface area contributed by atoms with Crippen molar-refractivity contribution in [2.24, 2.45) is 0 Å². The Labute approximate surface area is 157 Å². The lowest BCUT2D eigenvalue weighted by atomic mass is 10.0. The molecule has 5 nitrogen and oxygen atoms in total. The molecule has 0 spiro atoms. The first-order valence-electron chi connectivity index (χ1n) is 9.53. The predicted octanol–water partition coefficient (Wildman–Crippen LogP) is 3.46. The van der Waals surface area contributed by atoms with Crippen molar-refractivity contribution in [3.8, 4) is 11.5 Å². The molecule has 5 heteroatoms. The number of carbonyl (C=O) groups is 1. The number of amides is 1. The molecule has 3 aromatic rings. The zero-order valence-corrected chi connectivity index (χ0v) is 15.2. The number of hydrogen-bond donors (Lipinski definition) is 1. The van der Waals surface area contributed by atoms with Gasteiger partial charge in [-0.15, -0.1) is 0 Å². The average molecular weight is 362 g/mol. The summed E-state index contributed by atoms with van der Waals surface area (Å²) in [4.78, 5) is 18.4. The number of rotatable bonds is 2. The lowest BCUT2D eigenvalue weighted by Gasteiger charge is -2.27. The second kappa shape index (κ2) is 6.65. The fourth-order valence-electron chi connectivity index (χ4n) is 3.98. The molecule has 3 heterocycles. The largest absolute Gasteiger partial charge is 0.490 e. The molecule has 0 bridgehead atoms. The number of aromatic amines is 1. The Morgan fingerprint density at radius 3 is 2.85 bits per heavy atom. The molecule has 0 radical (unpaired) electrons. The van der Waals surface area contributed by atoms with E-state index >= 15 is 0 Å². The summed E-state index contributed by atoms with van der Waals surface area (Å²) < 4.78 is 11.4. The minimum atomic E-state index is 0.153. The van der Waals surface area contributed by atoms with E-state index in [4.69, 9.17) is 9.47 Å². The standard InChI is InChI=1S/C22H22N2O3/c25-22(13-15-6-7-20-21(12-15)27-11-3-10-26-20)24-9-8-19-17(14-24)16-4-1-2-5-18(16)23-19/h1-2,4-7,12,23H,3,8-11,13-14H2. The summed E-state index contributed by atoms with van der Waals surface area (Å²) in [5, 5.41) is 1.22. The van der Waals surface area contributed by atoms with E-state index in [0.29, 0.717) is 26.2 Å². The Morgan fingerprint density at radius 2 is 1.93 bits per heavy atom. The van der Waals surface area contributed by atoms with Crippen LogP contribution in [-0.4, -0.2) is 35.5 Å². The van der Waals surface area contributed by atoms with Crippen molar-refractivity contribution in [1.82, 2.24) is 9.88 Å².